The van der Waals surface area contributed by atoms with Gasteiger partial charge in [-0.25, -0.2) is 8.42 Å². The number of nitrogens with zero attached hydrogens (tertiary/aromatic N) is 2. The molecule has 0 saturated heterocycles. The summed E-state index contributed by atoms with van der Waals surface area (Å²) in [6, 6.07) is 25.8. The first-order valence-corrected chi connectivity index (χ1v) is 17.4. The van der Waals surface area contributed by atoms with Crippen molar-refractivity contribution in [1.29, 1.82) is 0 Å². The Balaban J connectivity index is 1.85. The average Bonchev–Trinajstić information content (AvgIpc) is 3.04. The molecule has 0 heterocycles. The molecule has 0 aliphatic carbocycles. The molecular formula is C35H36Cl3N3O4S. The number of aryl methyl sites for hydroxylation is 1. The average molecular weight is 701 g/mol. The van der Waals surface area contributed by atoms with Gasteiger partial charge >= 0.3 is 0 Å². The molecule has 0 aromatic heterocycles. The summed E-state index contributed by atoms with van der Waals surface area (Å²) in [5.74, 6) is -0.974. The Kier molecular flexibility index (Phi) is 12.1. The highest BCUT2D eigenvalue weighted by Gasteiger charge is 2.35. The molecule has 0 aliphatic heterocycles. The van der Waals surface area contributed by atoms with E-state index in [2.05, 4.69) is 5.32 Å². The molecule has 0 saturated carbocycles. The Bertz CT molecular complexity index is 1770. The quantitative estimate of drug-likeness (QED) is 0.155. The zero-order valence-electron chi connectivity index (χ0n) is 25.8. The number of nitrogens with one attached hydrogen (secondary N) is 1. The Morgan fingerprint density at radius 2 is 1.46 bits per heavy atom. The van der Waals surface area contributed by atoms with Crippen molar-refractivity contribution in [2.24, 2.45) is 0 Å². The molecule has 0 spiro atoms. The SMILES string of the molecule is CC[C@H](C)NC(=O)[C@@H](Cc1ccccc1)N(Cc1ccc(Cl)cc1Cl)C(=O)CN(c1cc(Cl)ccc1C)S(=O)(=O)c1ccccc1. The molecule has 0 bridgehead atoms. The summed E-state index contributed by atoms with van der Waals surface area (Å²) in [7, 11) is -4.25. The predicted octanol–water partition coefficient (Wildman–Crippen LogP) is 7.71. The summed E-state index contributed by atoms with van der Waals surface area (Å²) in [5, 5.41) is 4.05. The molecule has 2 atom stereocenters. The van der Waals surface area contributed by atoms with Crippen molar-refractivity contribution < 1.29 is 18.0 Å². The van der Waals surface area contributed by atoms with Crippen LogP contribution in [-0.4, -0.2) is 43.8 Å². The van der Waals surface area contributed by atoms with Crippen LogP contribution in [-0.2, 0) is 32.6 Å². The highest BCUT2D eigenvalue weighted by Crippen LogP contribution is 2.31. The van der Waals surface area contributed by atoms with Crippen molar-refractivity contribution in [3.05, 3.63) is 129 Å². The number of anilines is 1. The number of hydrogen-bond acceptors (Lipinski definition) is 4. The number of carbonyl (C=O) groups is 2. The van der Waals surface area contributed by atoms with Crippen LogP contribution in [0.15, 0.2) is 102 Å². The fraction of sp³-hybridized carbons (Fsp3) is 0.257. The van der Waals surface area contributed by atoms with Crippen LogP contribution in [0.3, 0.4) is 0 Å². The van der Waals surface area contributed by atoms with E-state index in [0.29, 0.717) is 32.6 Å². The Morgan fingerprint density at radius 3 is 2.09 bits per heavy atom. The molecule has 0 fully saturated rings. The number of amides is 2. The maximum Gasteiger partial charge on any atom is 0.264 e. The van der Waals surface area contributed by atoms with Gasteiger partial charge in [-0.05, 0) is 73.4 Å². The molecule has 4 aromatic carbocycles. The van der Waals surface area contributed by atoms with Crippen LogP contribution in [0.5, 0.6) is 0 Å². The molecule has 0 aliphatic rings. The zero-order chi connectivity index (χ0) is 33.4. The second-order valence-corrected chi connectivity index (χ2v) is 14.2. The van der Waals surface area contributed by atoms with Crippen molar-refractivity contribution >= 4 is 62.3 Å². The normalized spacial score (nSPS) is 12.7. The van der Waals surface area contributed by atoms with Crippen LogP contribution in [0.1, 0.15) is 37.0 Å². The number of halogens is 3. The predicted molar refractivity (Wildman–Crippen MR) is 186 cm³/mol. The maximum atomic E-state index is 14.6. The van der Waals surface area contributed by atoms with Gasteiger partial charge < -0.3 is 10.2 Å². The van der Waals surface area contributed by atoms with Crippen molar-refractivity contribution in [1.82, 2.24) is 10.2 Å². The van der Waals surface area contributed by atoms with Gasteiger partial charge in [0.15, 0.2) is 0 Å². The fourth-order valence-corrected chi connectivity index (χ4v) is 7.04. The van der Waals surface area contributed by atoms with Crippen LogP contribution in [0.4, 0.5) is 5.69 Å². The number of hydrogen-bond donors (Lipinski definition) is 1. The van der Waals surface area contributed by atoms with Gasteiger partial charge in [0, 0.05) is 34.1 Å². The largest absolute Gasteiger partial charge is 0.352 e. The second kappa shape index (κ2) is 15.8. The third-order valence-corrected chi connectivity index (χ3v) is 10.3. The van der Waals surface area contributed by atoms with Crippen LogP contribution in [0.25, 0.3) is 0 Å². The number of rotatable bonds is 13. The highest BCUT2D eigenvalue weighted by molar-refractivity contribution is 7.92. The van der Waals surface area contributed by atoms with Gasteiger partial charge in [0.25, 0.3) is 10.0 Å². The minimum absolute atomic E-state index is 0.00446. The van der Waals surface area contributed by atoms with E-state index in [4.69, 9.17) is 34.8 Å². The zero-order valence-corrected chi connectivity index (χ0v) is 28.9. The van der Waals surface area contributed by atoms with E-state index >= 15 is 0 Å². The summed E-state index contributed by atoms with van der Waals surface area (Å²) in [4.78, 5) is 30.0. The molecule has 7 nitrogen and oxygen atoms in total. The minimum Gasteiger partial charge on any atom is -0.352 e. The first-order valence-electron chi connectivity index (χ1n) is 14.8. The molecule has 4 rings (SSSR count). The number of sulfonamides is 1. The van der Waals surface area contributed by atoms with Gasteiger partial charge in [0.1, 0.15) is 12.6 Å². The first-order chi connectivity index (χ1) is 21.9. The van der Waals surface area contributed by atoms with Crippen molar-refractivity contribution in [2.45, 2.75) is 57.1 Å². The minimum atomic E-state index is -4.25. The van der Waals surface area contributed by atoms with E-state index in [1.807, 2.05) is 44.2 Å². The molecule has 4 aromatic rings. The van der Waals surface area contributed by atoms with Crippen molar-refractivity contribution in [3.8, 4) is 0 Å². The monoisotopic (exact) mass is 699 g/mol. The van der Waals surface area contributed by atoms with Crippen LogP contribution < -0.4 is 9.62 Å². The van der Waals surface area contributed by atoms with E-state index in [1.165, 1.54) is 23.1 Å². The molecular weight excluding hydrogens is 665 g/mol. The lowest BCUT2D eigenvalue weighted by atomic mass is 10.0. The molecule has 242 valence electrons. The summed E-state index contributed by atoms with van der Waals surface area (Å²) in [6.07, 6.45) is 0.861. The van der Waals surface area contributed by atoms with Gasteiger partial charge in [0.05, 0.1) is 10.6 Å². The third kappa shape index (κ3) is 8.82. The molecule has 1 N–H and O–H groups in total. The van der Waals surface area contributed by atoms with Gasteiger partial charge in [-0.3, -0.25) is 13.9 Å². The van der Waals surface area contributed by atoms with Gasteiger partial charge in [-0.1, -0.05) is 102 Å². The Hall–Kier alpha value is -3.56. The summed E-state index contributed by atoms with van der Waals surface area (Å²) < 4.78 is 29.4. The summed E-state index contributed by atoms with van der Waals surface area (Å²) in [5.41, 5.74) is 2.22. The van der Waals surface area contributed by atoms with E-state index in [9.17, 15) is 18.0 Å². The lowest BCUT2D eigenvalue weighted by Gasteiger charge is -2.34. The topological polar surface area (TPSA) is 86.8 Å². The van der Waals surface area contributed by atoms with Gasteiger partial charge in [-0.15, -0.1) is 0 Å². The third-order valence-electron chi connectivity index (χ3n) is 7.68. The number of benzene rings is 4. The number of carbonyl (C=O) groups excluding carboxylic acids is 2. The standard InChI is InChI=1S/C35H36Cl3N3O4S/c1-4-25(3)39-35(43)33(19-26-11-7-5-8-12-26)40(22-27-16-18-28(36)20-31(27)38)34(42)23-41(32-21-29(37)17-15-24(32)2)46(44,45)30-13-9-6-10-14-30/h5-18,20-21,25,33H,4,19,22-23H2,1-3H3,(H,39,43)/t25-,33+/m0/s1. The van der Waals surface area contributed by atoms with Crippen LogP contribution in [0, 0.1) is 6.92 Å². The van der Waals surface area contributed by atoms with Gasteiger partial charge in [-0.2, -0.15) is 0 Å². The molecule has 0 unspecified atom stereocenters. The molecule has 2 amide bonds. The molecule has 11 heteroatoms. The Labute approximate surface area is 286 Å². The maximum absolute atomic E-state index is 14.6. The van der Waals surface area contributed by atoms with Crippen molar-refractivity contribution in [3.63, 3.8) is 0 Å². The van der Waals surface area contributed by atoms with E-state index < -0.39 is 28.5 Å². The van der Waals surface area contributed by atoms with Crippen LogP contribution in [0.2, 0.25) is 15.1 Å². The summed E-state index contributed by atoms with van der Waals surface area (Å²) >= 11 is 19.1. The second-order valence-electron chi connectivity index (χ2n) is 11.0. The van der Waals surface area contributed by atoms with Crippen LogP contribution >= 0.6 is 34.8 Å². The summed E-state index contributed by atoms with van der Waals surface area (Å²) in [6.45, 7) is 4.90. The van der Waals surface area contributed by atoms with E-state index in [0.717, 1.165) is 9.87 Å². The smallest absolute Gasteiger partial charge is 0.264 e. The van der Waals surface area contributed by atoms with E-state index in [1.54, 1.807) is 55.5 Å². The lowest BCUT2D eigenvalue weighted by molar-refractivity contribution is -0.140. The fourth-order valence-electron chi connectivity index (χ4n) is 4.91. The molecule has 0 radical (unpaired) electrons. The van der Waals surface area contributed by atoms with Crippen molar-refractivity contribution in [2.75, 3.05) is 10.8 Å². The van der Waals surface area contributed by atoms with Gasteiger partial charge in [0.2, 0.25) is 11.8 Å². The lowest BCUT2D eigenvalue weighted by Crippen LogP contribution is -2.54. The van der Waals surface area contributed by atoms with E-state index in [-0.39, 0.29) is 35.5 Å². The molecule has 46 heavy (non-hydrogen) atoms. The first kappa shape index (κ1) is 35.3. The Morgan fingerprint density at radius 1 is 0.848 bits per heavy atom. The highest BCUT2D eigenvalue weighted by atomic mass is 35.5.